The zero-order chi connectivity index (χ0) is 14.3. The molecule has 1 saturated heterocycles. The van der Waals surface area contributed by atoms with Crippen LogP contribution in [0.5, 0.6) is 0 Å². The Morgan fingerprint density at radius 1 is 1.37 bits per heavy atom. The van der Waals surface area contributed by atoms with E-state index in [9.17, 15) is 14.7 Å². The topological polar surface area (TPSA) is 69.6 Å². The van der Waals surface area contributed by atoms with Crippen LogP contribution >= 0.6 is 0 Å². The van der Waals surface area contributed by atoms with E-state index in [1.54, 1.807) is 0 Å². The first kappa shape index (κ1) is 16.0. The maximum atomic E-state index is 11.8. The van der Waals surface area contributed by atoms with Crippen LogP contribution in [0.1, 0.15) is 46.0 Å². The third-order valence-electron chi connectivity index (χ3n) is 4.01. The van der Waals surface area contributed by atoms with Crippen LogP contribution in [-0.4, -0.2) is 48.1 Å². The molecule has 1 rings (SSSR count). The van der Waals surface area contributed by atoms with Crippen molar-refractivity contribution in [3.8, 4) is 0 Å². The number of carbonyl (C=O) groups excluding carboxylic acids is 1. The summed E-state index contributed by atoms with van der Waals surface area (Å²) in [6, 6.07) is 0. The summed E-state index contributed by atoms with van der Waals surface area (Å²) in [7, 11) is 0. The molecule has 0 aromatic heterocycles. The molecular weight excluding hydrogens is 244 g/mol. The second kappa shape index (κ2) is 7.48. The van der Waals surface area contributed by atoms with Crippen LogP contribution in [0.25, 0.3) is 0 Å². The van der Waals surface area contributed by atoms with Crippen molar-refractivity contribution in [1.29, 1.82) is 0 Å². The van der Waals surface area contributed by atoms with Gasteiger partial charge in [-0.15, -0.1) is 0 Å². The summed E-state index contributed by atoms with van der Waals surface area (Å²) >= 11 is 0. The fraction of sp³-hybridized carbons (Fsp3) is 0.857. The first-order valence-electron chi connectivity index (χ1n) is 7.26. The molecule has 0 aromatic carbocycles. The van der Waals surface area contributed by atoms with E-state index in [1.165, 1.54) is 0 Å². The van der Waals surface area contributed by atoms with Crippen LogP contribution < -0.4 is 5.32 Å². The number of amides is 1. The molecule has 1 aliphatic rings. The lowest BCUT2D eigenvalue weighted by Crippen LogP contribution is -2.50. The lowest BCUT2D eigenvalue weighted by molar-refractivity contribution is -0.153. The summed E-state index contributed by atoms with van der Waals surface area (Å²) < 4.78 is 0. The van der Waals surface area contributed by atoms with Crippen LogP contribution in [0.2, 0.25) is 0 Å². The lowest BCUT2D eigenvalue weighted by Gasteiger charge is -2.39. The van der Waals surface area contributed by atoms with E-state index in [2.05, 4.69) is 12.2 Å². The first-order chi connectivity index (χ1) is 9.04. The van der Waals surface area contributed by atoms with Crippen LogP contribution in [0.15, 0.2) is 0 Å². The summed E-state index contributed by atoms with van der Waals surface area (Å²) in [5.74, 6) is -0.725. The van der Waals surface area contributed by atoms with Crippen LogP contribution in [0, 0.1) is 5.41 Å². The van der Waals surface area contributed by atoms with Crippen molar-refractivity contribution >= 4 is 11.9 Å². The summed E-state index contributed by atoms with van der Waals surface area (Å²) in [6.07, 6.45) is 4.23. The van der Waals surface area contributed by atoms with Crippen molar-refractivity contribution in [1.82, 2.24) is 10.2 Å². The van der Waals surface area contributed by atoms with Gasteiger partial charge in [-0.3, -0.25) is 14.5 Å². The van der Waals surface area contributed by atoms with Gasteiger partial charge in [0.15, 0.2) is 0 Å². The van der Waals surface area contributed by atoms with Crippen LogP contribution in [0.3, 0.4) is 0 Å². The maximum Gasteiger partial charge on any atom is 0.310 e. The van der Waals surface area contributed by atoms with E-state index >= 15 is 0 Å². The van der Waals surface area contributed by atoms with E-state index in [1.807, 2.05) is 11.8 Å². The Morgan fingerprint density at radius 2 is 2.11 bits per heavy atom. The molecule has 0 radical (unpaired) electrons. The third kappa shape index (κ3) is 4.49. The minimum absolute atomic E-state index is 0.00532. The van der Waals surface area contributed by atoms with Crippen molar-refractivity contribution in [3.05, 3.63) is 0 Å². The zero-order valence-electron chi connectivity index (χ0n) is 12.1. The lowest BCUT2D eigenvalue weighted by atomic mass is 9.77. The van der Waals surface area contributed by atoms with Crippen LogP contribution in [-0.2, 0) is 9.59 Å². The summed E-state index contributed by atoms with van der Waals surface area (Å²) in [5, 5.41) is 12.3. The molecule has 0 aliphatic carbocycles. The smallest absolute Gasteiger partial charge is 0.310 e. The van der Waals surface area contributed by atoms with Gasteiger partial charge in [0.2, 0.25) is 5.91 Å². The molecular formula is C14H26N2O3. The minimum Gasteiger partial charge on any atom is -0.481 e. The molecule has 0 spiro atoms. The third-order valence-corrected chi connectivity index (χ3v) is 4.01. The number of unbranched alkanes of at least 4 members (excludes halogenated alkanes) is 1. The molecule has 1 atom stereocenters. The molecule has 0 aromatic rings. The Kier molecular flexibility index (Phi) is 6.28. The van der Waals surface area contributed by atoms with E-state index in [0.29, 0.717) is 32.5 Å². The molecule has 0 bridgehead atoms. The van der Waals surface area contributed by atoms with E-state index in [0.717, 1.165) is 25.8 Å². The molecule has 110 valence electrons. The molecule has 1 aliphatic heterocycles. The van der Waals surface area contributed by atoms with E-state index in [-0.39, 0.29) is 5.91 Å². The number of hydrogen-bond donors (Lipinski definition) is 2. The second-order valence-corrected chi connectivity index (χ2v) is 5.46. The number of hydrogen-bond acceptors (Lipinski definition) is 3. The number of carbonyl (C=O) groups is 2. The van der Waals surface area contributed by atoms with Gasteiger partial charge in [0.25, 0.3) is 0 Å². The number of likely N-dealkylation sites (tertiary alicyclic amines) is 1. The minimum atomic E-state index is -0.730. The number of aliphatic carboxylic acids is 1. The largest absolute Gasteiger partial charge is 0.481 e. The number of rotatable bonds is 7. The number of carboxylic acids is 1. The van der Waals surface area contributed by atoms with Crippen molar-refractivity contribution in [2.75, 3.05) is 26.2 Å². The van der Waals surface area contributed by atoms with Gasteiger partial charge in [0, 0.05) is 13.1 Å². The number of carboxylic acid groups (broad SMARTS) is 1. The molecule has 1 amide bonds. The van der Waals surface area contributed by atoms with Gasteiger partial charge in [-0.05, 0) is 32.2 Å². The van der Waals surface area contributed by atoms with Crippen molar-refractivity contribution < 1.29 is 14.7 Å². The standard InChI is InChI=1S/C14H26N2O3/c1-3-5-8-15-12(17)10-16-9-6-7-14(4-2,11-16)13(18)19/h3-11H2,1-2H3,(H,15,17)(H,18,19). The van der Waals surface area contributed by atoms with Gasteiger partial charge in [0.05, 0.1) is 12.0 Å². The number of nitrogens with one attached hydrogen (secondary N) is 1. The summed E-state index contributed by atoms with van der Waals surface area (Å²) in [4.78, 5) is 25.2. The molecule has 2 N–H and O–H groups in total. The average molecular weight is 270 g/mol. The Hall–Kier alpha value is -1.10. The highest BCUT2D eigenvalue weighted by Gasteiger charge is 2.40. The van der Waals surface area contributed by atoms with Gasteiger partial charge < -0.3 is 10.4 Å². The second-order valence-electron chi connectivity index (χ2n) is 5.46. The highest BCUT2D eigenvalue weighted by Crippen LogP contribution is 2.33. The quantitative estimate of drug-likeness (QED) is 0.688. The van der Waals surface area contributed by atoms with Crippen molar-refractivity contribution in [2.45, 2.75) is 46.0 Å². The highest BCUT2D eigenvalue weighted by molar-refractivity contribution is 5.78. The fourth-order valence-electron chi connectivity index (χ4n) is 2.64. The van der Waals surface area contributed by atoms with Gasteiger partial charge in [-0.25, -0.2) is 0 Å². The zero-order valence-corrected chi connectivity index (χ0v) is 12.1. The van der Waals surface area contributed by atoms with Gasteiger partial charge in [-0.1, -0.05) is 20.3 Å². The Balaban J connectivity index is 2.46. The van der Waals surface area contributed by atoms with Crippen molar-refractivity contribution in [2.24, 2.45) is 5.41 Å². The maximum absolute atomic E-state index is 11.8. The molecule has 1 fully saturated rings. The highest BCUT2D eigenvalue weighted by atomic mass is 16.4. The molecule has 0 saturated carbocycles. The SMILES string of the molecule is CCCCNC(=O)CN1CCCC(CC)(C(=O)O)C1. The predicted molar refractivity (Wildman–Crippen MR) is 74.0 cm³/mol. The average Bonchev–Trinajstić information content (AvgIpc) is 2.39. The van der Waals surface area contributed by atoms with Gasteiger partial charge >= 0.3 is 5.97 Å². The molecule has 19 heavy (non-hydrogen) atoms. The normalized spacial score (nSPS) is 24.1. The Morgan fingerprint density at radius 3 is 2.68 bits per heavy atom. The van der Waals surface area contributed by atoms with Gasteiger partial charge in [0.1, 0.15) is 0 Å². The summed E-state index contributed by atoms with van der Waals surface area (Å²) in [6.45, 7) is 6.33. The van der Waals surface area contributed by atoms with Crippen molar-refractivity contribution in [3.63, 3.8) is 0 Å². The Labute approximate surface area is 115 Å². The van der Waals surface area contributed by atoms with E-state index < -0.39 is 11.4 Å². The molecule has 1 heterocycles. The van der Waals surface area contributed by atoms with Crippen LogP contribution in [0.4, 0.5) is 0 Å². The molecule has 1 unspecified atom stereocenters. The Bertz CT molecular complexity index is 320. The number of piperidine rings is 1. The molecule has 5 nitrogen and oxygen atoms in total. The monoisotopic (exact) mass is 270 g/mol. The van der Waals surface area contributed by atoms with Gasteiger partial charge in [-0.2, -0.15) is 0 Å². The fourth-order valence-corrected chi connectivity index (χ4v) is 2.64. The number of nitrogens with zero attached hydrogens (tertiary/aromatic N) is 1. The summed E-state index contributed by atoms with van der Waals surface area (Å²) in [5.41, 5.74) is -0.665. The predicted octanol–water partition coefficient (Wildman–Crippen LogP) is 1.48. The first-order valence-corrected chi connectivity index (χ1v) is 7.26. The molecule has 5 heteroatoms. The van der Waals surface area contributed by atoms with E-state index in [4.69, 9.17) is 0 Å².